The first-order chi connectivity index (χ1) is 8.79. The summed E-state index contributed by atoms with van der Waals surface area (Å²) in [4.78, 5) is 8.22. The molecule has 2 heterocycles. The van der Waals surface area contributed by atoms with Crippen molar-refractivity contribution < 1.29 is 5.11 Å². The Morgan fingerprint density at radius 2 is 2.06 bits per heavy atom. The maximum atomic E-state index is 9.30. The lowest BCUT2D eigenvalue weighted by atomic mass is 9.96. The quantitative estimate of drug-likeness (QED) is 0.913. The van der Waals surface area contributed by atoms with Gasteiger partial charge < -0.3 is 10.0 Å². The van der Waals surface area contributed by atoms with Gasteiger partial charge in [-0.3, -0.25) is 0 Å². The highest BCUT2D eigenvalue weighted by atomic mass is 32.1. The van der Waals surface area contributed by atoms with Gasteiger partial charge in [0.15, 0.2) is 5.13 Å². The van der Waals surface area contributed by atoms with Gasteiger partial charge in [-0.1, -0.05) is 24.2 Å². The second kappa shape index (κ2) is 5.17. The van der Waals surface area contributed by atoms with Crippen molar-refractivity contribution in [2.75, 3.05) is 11.4 Å². The summed E-state index contributed by atoms with van der Waals surface area (Å²) in [5.74, 6) is 0.884. The maximum Gasteiger partial charge on any atom is 0.186 e. The summed E-state index contributed by atoms with van der Waals surface area (Å²) in [6.07, 6.45) is 8.25. The van der Waals surface area contributed by atoms with Gasteiger partial charge in [-0.15, -0.1) is 0 Å². The molecule has 2 fully saturated rings. The van der Waals surface area contributed by atoms with E-state index in [-0.39, 0.29) is 6.61 Å². The molecule has 2 aliphatic rings. The number of hydrogen-bond acceptors (Lipinski definition) is 4. The minimum Gasteiger partial charge on any atom is -0.391 e. The third-order valence-electron chi connectivity index (χ3n) is 4.51. The minimum absolute atomic E-state index is 0.130. The van der Waals surface area contributed by atoms with E-state index in [4.69, 9.17) is 0 Å². The second-order valence-electron chi connectivity index (χ2n) is 5.61. The Hall–Kier alpha value is -0.610. The molecule has 1 N–H and O–H groups in total. The number of aliphatic hydroxyl groups excluding tert-OH is 1. The van der Waals surface area contributed by atoms with Crippen molar-refractivity contribution in [3.63, 3.8) is 0 Å². The Bertz CT molecular complexity index is 412. The molecule has 1 aromatic heterocycles. The van der Waals surface area contributed by atoms with Gasteiger partial charge in [0.1, 0.15) is 0 Å². The van der Waals surface area contributed by atoms with Crippen molar-refractivity contribution >= 4 is 16.5 Å². The van der Waals surface area contributed by atoms with Crippen LogP contribution in [-0.4, -0.2) is 22.7 Å². The van der Waals surface area contributed by atoms with Crippen LogP contribution in [0.15, 0.2) is 0 Å². The van der Waals surface area contributed by atoms with E-state index in [1.165, 1.54) is 38.5 Å². The molecule has 0 amide bonds. The fraction of sp³-hybridized carbons (Fsp3) is 0.786. The third-order valence-corrected chi connectivity index (χ3v) is 5.69. The van der Waals surface area contributed by atoms with Crippen LogP contribution in [0.1, 0.15) is 49.1 Å². The number of hydrogen-bond donors (Lipinski definition) is 1. The number of anilines is 1. The summed E-state index contributed by atoms with van der Waals surface area (Å²) < 4.78 is 0. The first-order valence-corrected chi connectivity index (χ1v) is 7.95. The molecule has 1 aliphatic heterocycles. The average Bonchev–Trinajstić information content (AvgIpc) is 3.08. The van der Waals surface area contributed by atoms with Crippen LogP contribution in [0.25, 0.3) is 0 Å². The maximum absolute atomic E-state index is 9.30. The van der Waals surface area contributed by atoms with Crippen molar-refractivity contribution in [2.45, 2.75) is 58.1 Å². The van der Waals surface area contributed by atoms with E-state index in [0.717, 1.165) is 28.2 Å². The van der Waals surface area contributed by atoms with Gasteiger partial charge in [-0.25, -0.2) is 4.98 Å². The third kappa shape index (κ3) is 2.16. The molecule has 3 nitrogen and oxygen atoms in total. The van der Waals surface area contributed by atoms with Crippen LogP contribution in [0.2, 0.25) is 0 Å². The number of aryl methyl sites for hydroxylation is 1. The minimum atomic E-state index is 0.130. The summed E-state index contributed by atoms with van der Waals surface area (Å²) in [7, 11) is 0. The van der Waals surface area contributed by atoms with Gasteiger partial charge in [0, 0.05) is 12.6 Å². The van der Waals surface area contributed by atoms with E-state index >= 15 is 0 Å². The molecule has 1 aromatic rings. The lowest BCUT2D eigenvalue weighted by molar-refractivity contribution is 0.284. The average molecular weight is 266 g/mol. The summed E-state index contributed by atoms with van der Waals surface area (Å²) in [6.45, 7) is 3.29. The molecule has 0 aromatic carbocycles. The lowest BCUT2D eigenvalue weighted by Gasteiger charge is -2.29. The Balaban J connectivity index is 1.80. The molecule has 1 saturated heterocycles. The number of aromatic nitrogens is 1. The van der Waals surface area contributed by atoms with Gasteiger partial charge in [0.05, 0.1) is 17.2 Å². The molecule has 3 rings (SSSR count). The molecule has 18 heavy (non-hydrogen) atoms. The number of rotatable bonds is 3. The van der Waals surface area contributed by atoms with Crippen LogP contribution in [0.5, 0.6) is 0 Å². The van der Waals surface area contributed by atoms with Crippen LogP contribution >= 0.6 is 11.3 Å². The first-order valence-electron chi connectivity index (χ1n) is 7.13. The molecule has 0 radical (unpaired) electrons. The van der Waals surface area contributed by atoms with E-state index in [1.54, 1.807) is 11.3 Å². The van der Waals surface area contributed by atoms with Crippen LogP contribution in [0, 0.1) is 12.8 Å². The van der Waals surface area contributed by atoms with Gasteiger partial charge in [0.2, 0.25) is 0 Å². The van der Waals surface area contributed by atoms with Gasteiger partial charge in [0.25, 0.3) is 0 Å². The Morgan fingerprint density at radius 1 is 1.28 bits per heavy atom. The number of thiazole rings is 1. The lowest BCUT2D eigenvalue weighted by Crippen LogP contribution is -2.34. The predicted molar refractivity (Wildman–Crippen MR) is 75.1 cm³/mol. The molecule has 100 valence electrons. The SMILES string of the molecule is Cc1nc(N2CCCC2C2CCCC2)sc1CO. The predicted octanol–water partition coefficient (Wildman–Crippen LogP) is 3.10. The van der Waals surface area contributed by atoms with Crippen molar-refractivity contribution in [1.29, 1.82) is 0 Å². The van der Waals surface area contributed by atoms with E-state index in [1.807, 2.05) is 6.92 Å². The Morgan fingerprint density at radius 3 is 2.72 bits per heavy atom. The summed E-state index contributed by atoms with van der Waals surface area (Å²) >= 11 is 1.68. The summed E-state index contributed by atoms with van der Waals surface area (Å²) in [5, 5.41) is 10.4. The molecule has 1 saturated carbocycles. The standard InChI is InChI=1S/C14H22N2OS/c1-10-13(9-17)18-14(15-10)16-8-4-7-12(16)11-5-2-3-6-11/h11-12,17H,2-9H2,1H3. The van der Waals surface area contributed by atoms with Crippen LogP contribution in [-0.2, 0) is 6.61 Å². The zero-order valence-corrected chi connectivity index (χ0v) is 11.9. The fourth-order valence-corrected chi connectivity index (χ4v) is 4.55. The topological polar surface area (TPSA) is 36.4 Å². The highest BCUT2D eigenvalue weighted by Crippen LogP contribution is 2.39. The van der Waals surface area contributed by atoms with Crippen molar-refractivity contribution in [1.82, 2.24) is 4.98 Å². The van der Waals surface area contributed by atoms with Crippen molar-refractivity contribution in [2.24, 2.45) is 5.92 Å². The molecule has 1 atom stereocenters. The largest absolute Gasteiger partial charge is 0.391 e. The first kappa shape index (κ1) is 12.4. The van der Waals surface area contributed by atoms with Gasteiger partial charge >= 0.3 is 0 Å². The molecule has 4 heteroatoms. The van der Waals surface area contributed by atoms with E-state index in [0.29, 0.717) is 6.04 Å². The zero-order valence-electron chi connectivity index (χ0n) is 11.1. The van der Waals surface area contributed by atoms with Gasteiger partial charge in [-0.05, 0) is 38.5 Å². The van der Waals surface area contributed by atoms with Crippen molar-refractivity contribution in [3.05, 3.63) is 10.6 Å². The second-order valence-corrected chi connectivity index (χ2v) is 6.67. The molecular weight excluding hydrogens is 244 g/mol. The summed E-state index contributed by atoms with van der Waals surface area (Å²) in [5.41, 5.74) is 1.01. The van der Waals surface area contributed by atoms with E-state index in [2.05, 4.69) is 9.88 Å². The zero-order chi connectivity index (χ0) is 12.5. The summed E-state index contributed by atoms with van der Waals surface area (Å²) in [6, 6.07) is 0.713. The molecule has 1 unspecified atom stereocenters. The van der Waals surface area contributed by atoms with Crippen LogP contribution in [0.4, 0.5) is 5.13 Å². The van der Waals surface area contributed by atoms with Crippen LogP contribution in [0.3, 0.4) is 0 Å². The van der Waals surface area contributed by atoms with Crippen molar-refractivity contribution in [3.8, 4) is 0 Å². The molecule has 0 bridgehead atoms. The molecule has 0 spiro atoms. The normalized spacial score (nSPS) is 25.2. The number of nitrogens with zero attached hydrogens (tertiary/aromatic N) is 2. The monoisotopic (exact) mass is 266 g/mol. The molecule has 1 aliphatic carbocycles. The molecular formula is C14H22N2OS. The number of aliphatic hydroxyl groups is 1. The highest BCUT2D eigenvalue weighted by Gasteiger charge is 2.34. The van der Waals surface area contributed by atoms with E-state index < -0.39 is 0 Å². The fourth-order valence-electron chi connectivity index (χ4n) is 3.54. The van der Waals surface area contributed by atoms with E-state index in [9.17, 15) is 5.11 Å². The van der Waals surface area contributed by atoms with Crippen LogP contribution < -0.4 is 4.90 Å². The Kier molecular flexibility index (Phi) is 3.57. The Labute approximate surface area is 113 Å². The van der Waals surface area contributed by atoms with Gasteiger partial charge in [-0.2, -0.15) is 0 Å². The smallest absolute Gasteiger partial charge is 0.186 e. The highest BCUT2D eigenvalue weighted by molar-refractivity contribution is 7.15.